The first kappa shape index (κ1) is 5.54. The van der Waals surface area contributed by atoms with Gasteiger partial charge in [-0.25, -0.2) is 0 Å². The first-order chi connectivity index (χ1) is 3.88. The van der Waals surface area contributed by atoms with Crippen molar-refractivity contribution in [1.29, 1.82) is 0 Å². The molecule has 1 rings (SSSR count). The Morgan fingerprint density at radius 2 is 2.00 bits per heavy atom. The Hall–Kier alpha value is -0.590. The summed E-state index contributed by atoms with van der Waals surface area (Å²) in [6.07, 6.45) is 4.29. The lowest BCUT2D eigenvalue weighted by atomic mass is 10.5. The van der Waals surface area contributed by atoms with E-state index in [1.54, 1.807) is 0 Å². The zero-order valence-corrected chi connectivity index (χ0v) is 5.52. The quantitative estimate of drug-likeness (QED) is 0.497. The second-order valence-electron chi connectivity index (χ2n) is 1.93. The molecule has 0 aliphatic heterocycles. The topological polar surface area (TPSA) is 3.24 Å². The smallest absolute Gasteiger partial charge is 0.000994 e. The van der Waals surface area contributed by atoms with Crippen LogP contribution in [0, 0.1) is 6.42 Å². The van der Waals surface area contributed by atoms with Gasteiger partial charge in [0.15, 0.2) is 0 Å². The number of hydrogen-bond acceptors (Lipinski definition) is 1. The standard InChI is InChI=1S/C7H12N/c1-3-8(4-2)7-5-6-7/h5-6H,3-4H2,1-2H3/q-1. The lowest BCUT2D eigenvalue weighted by Crippen LogP contribution is -2.17. The van der Waals surface area contributed by atoms with E-state index in [4.69, 9.17) is 0 Å². The average Bonchev–Trinajstić information content (AvgIpc) is 2.53. The number of rotatable bonds is 3. The van der Waals surface area contributed by atoms with Crippen molar-refractivity contribution in [2.24, 2.45) is 0 Å². The third-order valence-electron chi connectivity index (χ3n) is 1.44. The molecular formula is C7H12N-. The third kappa shape index (κ3) is 0.971. The summed E-state index contributed by atoms with van der Waals surface area (Å²) < 4.78 is 0. The SMILES string of the molecule is CCN(CC)C1=C[CH-]1. The van der Waals surface area contributed by atoms with Crippen molar-refractivity contribution >= 4 is 0 Å². The summed E-state index contributed by atoms with van der Waals surface area (Å²) in [5, 5.41) is 0. The minimum absolute atomic E-state index is 1.14. The van der Waals surface area contributed by atoms with Crippen molar-refractivity contribution in [2.45, 2.75) is 13.8 Å². The highest BCUT2D eigenvalue weighted by Crippen LogP contribution is 2.20. The van der Waals surface area contributed by atoms with Crippen LogP contribution in [0.4, 0.5) is 0 Å². The van der Waals surface area contributed by atoms with E-state index in [9.17, 15) is 0 Å². The lowest BCUT2D eigenvalue weighted by Gasteiger charge is -2.23. The molecule has 0 atom stereocenters. The molecule has 8 heavy (non-hydrogen) atoms. The molecule has 0 fully saturated rings. The van der Waals surface area contributed by atoms with Crippen LogP contribution in [-0.4, -0.2) is 18.0 Å². The van der Waals surface area contributed by atoms with Gasteiger partial charge in [0.1, 0.15) is 0 Å². The average molecular weight is 110 g/mol. The van der Waals surface area contributed by atoms with Crippen LogP contribution in [0.3, 0.4) is 0 Å². The molecule has 0 saturated carbocycles. The van der Waals surface area contributed by atoms with E-state index in [1.165, 1.54) is 5.70 Å². The van der Waals surface area contributed by atoms with Crippen LogP contribution >= 0.6 is 0 Å². The van der Waals surface area contributed by atoms with Gasteiger partial charge in [-0.2, -0.15) is 5.70 Å². The highest BCUT2D eigenvalue weighted by molar-refractivity contribution is 5.37. The predicted octanol–water partition coefficient (Wildman–Crippen LogP) is 1.43. The van der Waals surface area contributed by atoms with E-state index in [0.29, 0.717) is 0 Å². The van der Waals surface area contributed by atoms with Crippen molar-refractivity contribution < 1.29 is 0 Å². The van der Waals surface area contributed by atoms with Gasteiger partial charge >= 0.3 is 0 Å². The largest absolute Gasteiger partial charge is 0.446 e. The van der Waals surface area contributed by atoms with Crippen LogP contribution in [0.1, 0.15) is 13.8 Å². The van der Waals surface area contributed by atoms with Gasteiger partial charge in [-0.15, -0.1) is 0 Å². The minimum Gasteiger partial charge on any atom is -0.446 e. The van der Waals surface area contributed by atoms with Crippen molar-refractivity contribution in [3.05, 3.63) is 18.2 Å². The van der Waals surface area contributed by atoms with E-state index in [2.05, 4.69) is 31.2 Å². The zero-order valence-electron chi connectivity index (χ0n) is 5.52. The highest BCUT2D eigenvalue weighted by atomic mass is 15.1. The molecule has 0 aromatic rings. The summed E-state index contributed by atoms with van der Waals surface area (Å²) in [5.41, 5.74) is 1.41. The van der Waals surface area contributed by atoms with Gasteiger partial charge in [0.05, 0.1) is 0 Å². The van der Waals surface area contributed by atoms with Gasteiger partial charge in [0.25, 0.3) is 0 Å². The maximum absolute atomic E-state index is 2.33. The Bertz CT molecular complexity index is 101. The molecule has 0 unspecified atom stereocenters. The van der Waals surface area contributed by atoms with Crippen LogP contribution in [0.25, 0.3) is 0 Å². The van der Waals surface area contributed by atoms with Gasteiger partial charge in [-0.3, -0.25) is 12.5 Å². The molecule has 0 N–H and O–H groups in total. The fraction of sp³-hybridized carbons (Fsp3) is 0.571. The first-order valence-corrected chi connectivity index (χ1v) is 3.18. The van der Waals surface area contributed by atoms with Gasteiger partial charge in [-0.1, -0.05) is 0 Å². The molecule has 0 amide bonds. The monoisotopic (exact) mass is 110 g/mol. The summed E-state index contributed by atoms with van der Waals surface area (Å²) in [6.45, 7) is 6.63. The van der Waals surface area contributed by atoms with E-state index in [-0.39, 0.29) is 0 Å². The Balaban J connectivity index is 2.26. The van der Waals surface area contributed by atoms with Gasteiger partial charge in [0, 0.05) is 13.1 Å². The van der Waals surface area contributed by atoms with Crippen LogP contribution in [0.15, 0.2) is 11.8 Å². The van der Waals surface area contributed by atoms with Crippen LogP contribution < -0.4 is 0 Å². The lowest BCUT2D eigenvalue weighted by molar-refractivity contribution is 0.404. The molecule has 0 saturated heterocycles. The normalized spacial score (nSPS) is 14.5. The summed E-state index contributed by atoms with van der Waals surface area (Å²) in [4.78, 5) is 2.33. The van der Waals surface area contributed by atoms with Gasteiger partial charge in [-0.05, 0) is 13.8 Å². The van der Waals surface area contributed by atoms with Crippen molar-refractivity contribution in [3.8, 4) is 0 Å². The fourth-order valence-electron chi connectivity index (χ4n) is 0.837. The second-order valence-corrected chi connectivity index (χ2v) is 1.93. The molecule has 1 nitrogen and oxygen atoms in total. The molecule has 1 aliphatic rings. The molecule has 0 spiro atoms. The van der Waals surface area contributed by atoms with Gasteiger partial charge in [0.2, 0.25) is 0 Å². The molecular weight excluding hydrogens is 98.1 g/mol. The van der Waals surface area contributed by atoms with Crippen molar-refractivity contribution in [3.63, 3.8) is 0 Å². The molecule has 0 heterocycles. The van der Waals surface area contributed by atoms with E-state index in [1.807, 2.05) is 0 Å². The summed E-state index contributed by atoms with van der Waals surface area (Å²) in [6, 6.07) is 0. The molecule has 1 aliphatic carbocycles. The predicted molar refractivity (Wildman–Crippen MR) is 35.3 cm³/mol. The third-order valence-corrected chi connectivity index (χ3v) is 1.44. The number of hydrogen-bond donors (Lipinski definition) is 0. The zero-order chi connectivity index (χ0) is 5.98. The first-order valence-electron chi connectivity index (χ1n) is 3.18. The Kier molecular flexibility index (Phi) is 1.47. The molecule has 46 valence electrons. The van der Waals surface area contributed by atoms with Crippen LogP contribution in [0.5, 0.6) is 0 Å². The maximum atomic E-state index is 2.33. The van der Waals surface area contributed by atoms with Crippen LogP contribution in [0.2, 0.25) is 0 Å². The van der Waals surface area contributed by atoms with E-state index in [0.717, 1.165) is 13.1 Å². The Labute approximate surface area is 51.0 Å². The summed E-state index contributed by atoms with van der Waals surface area (Å²) in [7, 11) is 0. The van der Waals surface area contributed by atoms with Crippen LogP contribution in [-0.2, 0) is 0 Å². The molecule has 0 aromatic heterocycles. The Morgan fingerprint density at radius 1 is 1.50 bits per heavy atom. The van der Waals surface area contributed by atoms with Crippen molar-refractivity contribution in [1.82, 2.24) is 4.90 Å². The highest BCUT2D eigenvalue weighted by Gasteiger charge is 1.97. The van der Waals surface area contributed by atoms with E-state index >= 15 is 0 Å². The Morgan fingerprint density at radius 3 is 2.12 bits per heavy atom. The van der Waals surface area contributed by atoms with E-state index < -0.39 is 0 Å². The summed E-state index contributed by atoms with van der Waals surface area (Å²) in [5.74, 6) is 0. The second kappa shape index (κ2) is 2.12. The number of nitrogens with zero attached hydrogens (tertiary/aromatic N) is 1. The molecule has 0 radical (unpaired) electrons. The molecule has 0 aromatic carbocycles. The number of allylic oxidation sites excluding steroid dienone is 2. The maximum Gasteiger partial charge on any atom is 0.000994 e. The fourth-order valence-corrected chi connectivity index (χ4v) is 0.837. The molecule has 1 heteroatoms. The van der Waals surface area contributed by atoms with Crippen molar-refractivity contribution in [2.75, 3.05) is 13.1 Å². The molecule has 0 bridgehead atoms. The van der Waals surface area contributed by atoms with Gasteiger partial charge < -0.3 is 4.90 Å². The minimum atomic E-state index is 1.14. The summed E-state index contributed by atoms with van der Waals surface area (Å²) >= 11 is 0.